The molecule has 1 aromatic rings. The minimum absolute atomic E-state index is 0.0233. The van der Waals surface area contributed by atoms with E-state index in [-0.39, 0.29) is 18.1 Å². The summed E-state index contributed by atoms with van der Waals surface area (Å²) in [5.74, 6) is 1.22. The quantitative estimate of drug-likeness (QED) is 0.856. The van der Waals surface area contributed by atoms with Crippen molar-refractivity contribution in [2.45, 2.75) is 26.8 Å². The lowest BCUT2D eigenvalue weighted by molar-refractivity contribution is 0.238. The molecule has 5 nitrogen and oxygen atoms in total. The zero-order chi connectivity index (χ0) is 13.1. The van der Waals surface area contributed by atoms with Crippen molar-refractivity contribution in [2.24, 2.45) is 11.8 Å². The van der Waals surface area contributed by atoms with E-state index in [1.165, 1.54) is 0 Å². The van der Waals surface area contributed by atoms with Gasteiger partial charge in [-0.1, -0.05) is 13.8 Å². The highest BCUT2D eigenvalue weighted by Crippen LogP contribution is 2.18. The van der Waals surface area contributed by atoms with Gasteiger partial charge in [0.15, 0.2) is 5.82 Å². The molecule has 0 aromatic carbocycles. The van der Waals surface area contributed by atoms with E-state index in [2.05, 4.69) is 18.8 Å². The Morgan fingerprint density at radius 1 is 1.56 bits per heavy atom. The molecular formula is C13H21N3O2. The summed E-state index contributed by atoms with van der Waals surface area (Å²) < 4.78 is 1.72. The number of nitrogens with zero attached hydrogens (tertiary/aromatic N) is 3. The van der Waals surface area contributed by atoms with E-state index in [9.17, 15) is 4.79 Å². The van der Waals surface area contributed by atoms with Crippen LogP contribution < -0.4 is 10.5 Å². The molecule has 1 atom stereocenters. The zero-order valence-corrected chi connectivity index (χ0v) is 11.0. The lowest BCUT2D eigenvalue weighted by Crippen LogP contribution is -2.32. The Morgan fingerprint density at radius 3 is 2.94 bits per heavy atom. The molecule has 0 saturated carbocycles. The number of hydrogen-bond donors (Lipinski definition) is 1. The molecule has 1 unspecified atom stereocenters. The van der Waals surface area contributed by atoms with Crippen molar-refractivity contribution in [3.05, 3.63) is 22.7 Å². The number of aromatic nitrogens is 2. The van der Waals surface area contributed by atoms with Gasteiger partial charge in [-0.3, -0.25) is 4.79 Å². The van der Waals surface area contributed by atoms with Crippen LogP contribution in [-0.4, -0.2) is 34.4 Å². The van der Waals surface area contributed by atoms with Crippen LogP contribution in [0.3, 0.4) is 0 Å². The van der Waals surface area contributed by atoms with Crippen LogP contribution in [0.1, 0.15) is 20.3 Å². The van der Waals surface area contributed by atoms with Crippen molar-refractivity contribution in [3.8, 4) is 0 Å². The maximum atomic E-state index is 12.3. The third-order valence-electron chi connectivity index (χ3n) is 3.30. The molecule has 18 heavy (non-hydrogen) atoms. The third-order valence-corrected chi connectivity index (χ3v) is 3.30. The molecule has 100 valence electrons. The van der Waals surface area contributed by atoms with Crippen LogP contribution in [0.15, 0.2) is 17.2 Å². The Balaban J connectivity index is 2.21. The van der Waals surface area contributed by atoms with Crippen LogP contribution in [-0.2, 0) is 6.54 Å². The van der Waals surface area contributed by atoms with Gasteiger partial charge in [-0.15, -0.1) is 0 Å². The van der Waals surface area contributed by atoms with Crippen LogP contribution in [0.4, 0.5) is 5.82 Å². The van der Waals surface area contributed by atoms with Crippen molar-refractivity contribution in [1.29, 1.82) is 0 Å². The Hall–Kier alpha value is -1.36. The van der Waals surface area contributed by atoms with Gasteiger partial charge in [-0.25, -0.2) is 4.98 Å². The van der Waals surface area contributed by atoms with E-state index in [1.807, 2.05) is 4.90 Å². The highest BCUT2D eigenvalue weighted by molar-refractivity contribution is 5.37. The predicted octanol–water partition coefficient (Wildman–Crippen LogP) is 0.718. The van der Waals surface area contributed by atoms with Gasteiger partial charge in [0, 0.05) is 44.6 Å². The van der Waals surface area contributed by atoms with Crippen molar-refractivity contribution in [2.75, 3.05) is 24.6 Å². The van der Waals surface area contributed by atoms with E-state index in [0.29, 0.717) is 18.3 Å². The minimum Gasteiger partial charge on any atom is -0.396 e. The topological polar surface area (TPSA) is 58.4 Å². The van der Waals surface area contributed by atoms with Crippen LogP contribution in [0.5, 0.6) is 0 Å². The fourth-order valence-corrected chi connectivity index (χ4v) is 2.36. The number of hydrogen-bond acceptors (Lipinski definition) is 4. The van der Waals surface area contributed by atoms with Crippen LogP contribution in [0, 0.1) is 11.8 Å². The lowest BCUT2D eigenvalue weighted by Gasteiger charge is -2.18. The Bertz CT molecular complexity index is 456. The smallest absolute Gasteiger partial charge is 0.293 e. The first kappa shape index (κ1) is 13.1. The fourth-order valence-electron chi connectivity index (χ4n) is 2.36. The number of anilines is 1. The summed E-state index contributed by atoms with van der Waals surface area (Å²) in [5.41, 5.74) is -0.0233. The average molecular weight is 251 g/mol. The molecule has 0 radical (unpaired) electrons. The first-order chi connectivity index (χ1) is 8.61. The first-order valence-electron chi connectivity index (χ1n) is 6.53. The second kappa shape index (κ2) is 5.52. The molecule has 0 aliphatic carbocycles. The monoisotopic (exact) mass is 251 g/mol. The summed E-state index contributed by atoms with van der Waals surface area (Å²) in [7, 11) is 0. The van der Waals surface area contributed by atoms with Crippen molar-refractivity contribution in [1.82, 2.24) is 9.55 Å². The molecule has 5 heteroatoms. The van der Waals surface area contributed by atoms with Gasteiger partial charge in [-0.05, 0) is 12.3 Å². The fraction of sp³-hybridized carbons (Fsp3) is 0.692. The molecule has 2 rings (SSSR count). The molecule has 0 bridgehead atoms. The van der Waals surface area contributed by atoms with Crippen molar-refractivity contribution < 1.29 is 5.11 Å². The molecule has 1 N–H and O–H groups in total. The summed E-state index contributed by atoms with van der Waals surface area (Å²) >= 11 is 0. The molecule has 1 aromatic heterocycles. The number of aliphatic hydroxyl groups excluding tert-OH is 1. The standard InChI is InChI=1S/C13H21N3O2/c1-10(2)7-16-6-4-14-12(13(16)18)15-5-3-11(8-15)9-17/h4,6,10-11,17H,3,5,7-9H2,1-2H3. The van der Waals surface area contributed by atoms with Crippen LogP contribution in [0.25, 0.3) is 0 Å². The van der Waals surface area contributed by atoms with Gasteiger partial charge in [-0.2, -0.15) is 0 Å². The minimum atomic E-state index is -0.0233. The number of rotatable bonds is 4. The van der Waals surface area contributed by atoms with Gasteiger partial charge in [0.25, 0.3) is 5.56 Å². The Labute approximate surface area is 107 Å². The van der Waals surface area contributed by atoms with E-state index in [4.69, 9.17) is 5.11 Å². The third kappa shape index (κ3) is 2.72. The first-order valence-corrected chi connectivity index (χ1v) is 6.53. The van der Waals surface area contributed by atoms with E-state index in [0.717, 1.165) is 19.5 Å². The van der Waals surface area contributed by atoms with Crippen molar-refractivity contribution in [3.63, 3.8) is 0 Å². The van der Waals surface area contributed by atoms with Gasteiger partial charge in [0.05, 0.1) is 0 Å². The van der Waals surface area contributed by atoms with E-state index >= 15 is 0 Å². The van der Waals surface area contributed by atoms with E-state index in [1.54, 1.807) is 17.0 Å². The lowest BCUT2D eigenvalue weighted by atomic mass is 10.1. The SMILES string of the molecule is CC(C)Cn1ccnc(N2CCC(CO)C2)c1=O. The largest absolute Gasteiger partial charge is 0.396 e. The molecule has 1 saturated heterocycles. The van der Waals surface area contributed by atoms with Gasteiger partial charge >= 0.3 is 0 Å². The molecule has 1 aliphatic rings. The Morgan fingerprint density at radius 2 is 2.33 bits per heavy atom. The predicted molar refractivity (Wildman–Crippen MR) is 70.7 cm³/mol. The molecule has 0 spiro atoms. The van der Waals surface area contributed by atoms with E-state index < -0.39 is 0 Å². The van der Waals surface area contributed by atoms with Crippen LogP contribution >= 0.6 is 0 Å². The van der Waals surface area contributed by atoms with Crippen molar-refractivity contribution >= 4 is 5.82 Å². The molecule has 2 heterocycles. The highest BCUT2D eigenvalue weighted by Gasteiger charge is 2.24. The average Bonchev–Trinajstić information content (AvgIpc) is 2.80. The number of aliphatic hydroxyl groups is 1. The summed E-state index contributed by atoms with van der Waals surface area (Å²) in [6.07, 6.45) is 4.35. The summed E-state index contributed by atoms with van der Waals surface area (Å²) in [6.45, 7) is 6.60. The zero-order valence-electron chi connectivity index (χ0n) is 11.0. The maximum absolute atomic E-state index is 12.3. The van der Waals surface area contributed by atoms with Crippen LogP contribution in [0.2, 0.25) is 0 Å². The summed E-state index contributed by atoms with van der Waals surface area (Å²) in [5, 5.41) is 9.14. The maximum Gasteiger partial charge on any atom is 0.293 e. The second-order valence-electron chi connectivity index (χ2n) is 5.39. The summed E-state index contributed by atoms with van der Waals surface area (Å²) in [6, 6.07) is 0. The van der Waals surface area contributed by atoms with Gasteiger partial charge in [0.1, 0.15) is 0 Å². The second-order valence-corrected chi connectivity index (χ2v) is 5.39. The normalized spacial score (nSPS) is 19.8. The molecule has 1 aliphatic heterocycles. The highest BCUT2D eigenvalue weighted by atomic mass is 16.3. The summed E-state index contributed by atoms with van der Waals surface area (Å²) in [4.78, 5) is 18.5. The molecule has 0 amide bonds. The Kier molecular flexibility index (Phi) is 4.01. The molecular weight excluding hydrogens is 230 g/mol. The van der Waals surface area contributed by atoms with Gasteiger partial charge < -0.3 is 14.6 Å². The molecule has 1 fully saturated rings. The van der Waals surface area contributed by atoms with Gasteiger partial charge in [0.2, 0.25) is 0 Å².